The maximum atomic E-state index is 12.5. The quantitative estimate of drug-likeness (QED) is 0.784. The highest BCUT2D eigenvalue weighted by Gasteiger charge is 2.20. The van der Waals surface area contributed by atoms with E-state index < -0.39 is 0 Å². The average molecular weight is 379 g/mol. The third-order valence-corrected chi connectivity index (χ3v) is 4.88. The monoisotopic (exact) mass is 379 g/mol. The molecule has 0 radical (unpaired) electrons. The molecule has 0 atom stereocenters. The molecule has 0 aromatic heterocycles. The van der Waals surface area contributed by atoms with Gasteiger partial charge in [-0.15, -0.1) is 0 Å². The first kappa shape index (κ1) is 19.8. The number of Topliss-reactive ketones (excluding diaryl/α,β-unsaturated/α-hetero) is 1. The van der Waals surface area contributed by atoms with Crippen LogP contribution in [-0.2, 0) is 4.79 Å². The second kappa shape index (κ2) is 9.28. The standard InChI is InChI=1S/C22H25N3O3/c1-24-13-15-25(16-14-24)22(28)18-7-9-19(10-8-18)23-21(27)12-11-20(26)17-5-3-2-4-6-17/h2-10H,11-16H2,1H3,(H,23,27). The molecule has 28 heavy (non-hydrogen) atoms. The van der Waals surface area contributed by atoms with Gasteiger partial charge in [-0.1, -0.05) is 30.3 Å². The molecule has 1 N–H and O–H groups in total. The van der Waals surface area contributed by atoms with Crippen LogP contribution in [0, 0.1) is 0 Å². The predicted molar refractivity (Wildman–Crippen MR) is 108 cm³/mol. The lowest BCUT2D eigenvalue weighted by atomic mass is 10.1. The van der Waals surface area contributed by atoms with Crippen LogP contribution in [0.25, 0.3) is 0 Å². The Labute approximate surface area is 165 Å². The summed E-state index contributed by atoms with van der Waals surface area (Å²) >= 11 is 0. The molecular formula is C22H25N3O3. The van der Waals surface area contributed by atoms with Crippen LogP contribution < -0.4 is 5.32 Å². The summed E-state index contributed by atoms with van der Waals surface area (Å²) in [5.74, 6) is -0.259. The molecule has 1 saturated heterocycles. The third kappa shape index (κ3) is 5.27. The number of likely N-dealkylation sites (N-methyl/N-ethyl adjacent to an activating group) is 1. The molecule has 1 aliphatic rings. The Hall–Kier alpha value is -2.99. The molecule has 0 unspecified atom stereocenters. The zero-order valence-electron chi connectivity index (χ0n) is 16.1. The van der Waals surface area contributed by atoms with Crippen LogP contribution in [-0.4, -0.2) is 60.6 Å². The summed E-state index contributed by atoms with van der Waals surface area (Å²) in [6.45, 7) is 3.20. The fourth-order valence-electron chi connectivity index (χ4n) is 3.11. The van der Waals surface area contributed by atoms with Crippen molar-refractivity contribution in [3.63, 3.8) is 0 Å². The van der Waals surface area contributed by atoms with Gasteiger partial charge in [0.2, 0.25) is 5.91 Å². The van der Waals surface area contributed by atoms with Gasteiger partial charge in [0.05, 0.1) is 0 Å². The number of ketones is 1. The molecule has 2 amide bonds. The van der Waals surface area contributed by atoms with Crippen molar-refractivity contribution >= 4 is 23.3 Å². The van der Waals surface area contributed by atoms with Crippen molar-refractivity contribution < 1.29 is 14.4 Å². The minimum absolute atomic E-state index is 0.0134. The van der Waals surface area contributed by atoms with Crippen molar-refractivity contribution in [2.75, 3.05) is 38.5 Å². The van der Waals surface area contributed by atoms with Crippen LogP contribution >= 0.6 is 0 Å². The van der Waals surface area contributed by atoms with Gasteiger partial charge in [-0.05, 0) is 31.3 Å². The molecule has 0 bridgehead atoms. The molecule has 1 fully saturated rings. The number of nitrogens with zero attached hydrogens (tertiary/aromatic N) is 2. The Kier molecular flexibility index (Phi) is 6.55. The minimum atomic E-state index is -0.220. The lowest BCUT2D eigenvalue weighted by molar-refractivity contribution is -0.116. The van der Waals surface area contributed by atoms with Crippen LogP contribution in [0.2, 0.25) is 0 Å². The van der Waals surface area contributed by atoms with E-state index >= 15 is 0 Å². The van der Waals surface area contributed by atoms with Crippen molar-refractivity contribution in [1.29, 1.82) is 0 Å². The Morgan fingerprint density at radius 3 is 2.11 bits per heavy atom. The van der Waals surface area contributed by atoms with Gasteiger partial charge in [-0.2, -0.15) is 0 Å². The van der Waals surface area contributed by atoms with Crippen LogP contribution in [0.5, 0.6) is 0 Å². The van der Waals surface area contributed by atoms with E-state index in [0.29, 0.717) is 16.8 Å². The average Bonchev–Trinajstić information content (AvgIpc) is 2.73. The smallest absolute Gasteiger partial charge is 0.253 e. The van der Waals surface area contributed by atoms with Gasteiger partial charge in [0.25, 0.3) is 5.91 Å². The lowest BCUT2D eigenvalue weighted by Crippen LogP contribution is -2.47. The topological polar surface area (TPSA) is 69.7 Å². The number of carbonyl (C=O) groups is 3. The molecule has 0 aliphatic carbocycles. The largest absolute Gasteiger partial charge is 0.336 e. The van der Waals surface area contributed by atoms with E-state index in [4.69, 9.17) is 0 Å². The molecule has 1 heterocycles. The Bertz CT molecular complexity index is 826. The summed E-state index contributed by atoms with van der Waals surface area (Å²) in [6, 6.07) is 15.8. The number of benzene rings is 2. The van der Waals surface area contributed by atoms with Crippen molar-refractivity contribution in [1.82, 2.24) is 9.80 Å². The van der Waals surface area contributed by atoms with Gasteiger partial charge in [-0.3, -0.25) is 14.4 Å². The summed E-state index contributed by atoms with van der Waals surface area (Å²) in [7, 11) is 2.05. The molecule has 1 aliphatic heterocycles. The zero-order chi connectivity index (χ0) is 19.9. The van der Waals surface area contributed by atoms with Crippen molar-refractivity contribution in [2.24, 2.45) is 0 Å². The van der Waals surface area contributed by atoms with Gasteiger partial charge in [0.1, 0.15) is 0 Å². The SMILES string of the molecule is CN1CCN(C(=O)c2ccc(NC(=O)CCC(=O)c3ccccc3)cc2)CC1. The van der Waals surface area contributed by atoms with Crippen molar-refractivity contribution in [3.8, 4) is 0 Å². The summed E-state index contributed by atoms with van der Waals surface area (Å²) in [5.41, 5.74) is 1.84. The lowest BCUT2D eigenvalue weighted by Gasteiger charge is -2.32. The number of carbonyl (C=O) groups excluding carboxylic acids is 3. The van der Waals surface area contributed by atoms with E-state index in [1.807, 2.05) is 18.0 Å². The molecule has 2 aromatic rings. The highest BCUT2D eigenvalue weighted by atomic mass is 16.2. The van der Waals surface area contributed by atoms with Crippen LogP contribution in [0.3, 0.4) is 0 Å². The molecule has 2 aromatic carbocycles. The zero-order valence-corrected chi connectivity index (χ0v) is 16.1. The maximum Gasteiger partial charge on any atom is 0.253 e. The first-order valence-corrected chi connectivity index (χ1v) is 9.49. The van der Waals surface area contributed by atoms with Crippen LogP contribution in [0.15, 0.2) is 54.6 Å². The second-order valence-corrected chi connectivity index (χ2v) is 7.01. The molecular weight excluding hydrogens is 354 g/mol. The summed E-state index contributed by atoms with van der Waals surface area (Å²) in [4.78, 5) is 40.8. The van der Waals surface area contributed by atoms with Crippen LogP contribution in [0.1, 0.15) is 33.6 Å². The summed E-state index contributed by atoms with van der Waals surface area (Å²) < 4.78 is 0. The molecule has 3 rings (SSSR count). The minimum Gasteiger partial charge on any atom is -0.336 e. The van der Waals surface area contributed by atoms with Crippen molar-refractivity contribution in [3.05, 3.63) is 65.7 Å². The molecule has 6 nitrogen and oxygen atoms in total. The highest BCUT2D eigenvalue weighted by molar-refractivity contribution is 6.00. The van der Waals surface area contributed by atoms with Gasteiger partial charge in [0, 0.05) is 55.8 Å². The second-order valence-electron chi connectivity index (χ2n) is 7.01. The highest BCUT2D eigenvalue weighted by Crippen LogP contribution is 2.14. The number of anilines is 1. The maximum absolute atomic E-state index is 12.5. The number of nitrogens with one attached hydrogen (secondary N) is 1. The van der Waals surface area contributed by atoms with Crippen molar-refractivity contribution in [2.45, 2.75) is 12.8 Å². The number of rotatable bonds is 6. The Morgan fingerprint density at radius 2 is 1.46 bits per heavy atom. The normalized spacial score (nSPS) is 14.5. The molecule has 146 valence electrons. The molecule has 0 saturated carbocycles. The molecule has 0 spiro atoms. The number of piperazine rings is 1. The van der Waals surface area contributed by atoms with E-state index in [1.54, 1.807) is 48.5 Å². The van der Waals surface area contributed by atoms with Crippen LogP contribution in [0.4, 0.5) is 5.69 Å². The van der Waals surface area contributed by atoms with E-state index in [-0.39, 0.29) is 30.4 Å². The van der Waals surface area contributed by atoms with Gasteiger partial charge in [0.15, 0.2) is 5.78 Å². The first-order valence-electron chi connectivity index (χ1n) is 9.49. The van der Waals surface area contributed by atoms with E-state index in [9.17, 15) is 14.4 Å². The van der Waals surface area contributed by atoms with E-state index in [2.05, 4.69) is 10.2 Å². The van der Waals surface area contributed by atoms with E-state index in [1.165, 1.54) is 0 Å². The van der Waals surface area contributed by atoms with Gasteiger partial charge in [-0.25, -0.2) is 0 Å². The molecule has 6 heteroatoms. The third-order valence-electron chi connectivity index (χ3n) is 4.88. The van der Waals surface area contributed by atoms with Gasteiger partial charge >= 0.3 is 0 Å². The number of hydrogen-bond acceptors (Lipinski definition) is 4. The summed E-state index contributed by atoms with van der Waals surface area (Å²) in [5, 5.41) is 2.78. The summed E-state index contributed by atoms with van der Waals surface area (Å²) in [6.07, 6.45) is 0.283. The first-order chi connectivity index (χ1) is 13.5. The fraction of sp³-hybridized carbons (Fsp3) is 0.318. The fourth-order valence-corrected chi connectivity index (χ4v) is 3.11. The Morgan fingerprint density at radius 1 is 0.821 bits per heavy atom. The number of hydrogen-bond donors (Lipinski definition) is 1. The van der Waals surface area contributed by atoms with Gasteiger partial charge < -0.3 is 15.1 Å². The predicted octanol–water partition coefficient (Wildman–Crippen LogP) is 2.68. The number of amides is 2. The van der Waals surface area contributed by atoms with E-state index in [0.717, 1.165) is 26.2 Å². The Balaban J connectivity index is 1.49.